The molecule has 12 nitrogen and oxygen atoms in total. The van der Waals surface area contributed by atoms with E-state index in [1.807, 2.05) is 4.98 Å². The summed E-state index contributed by atoms with van der Waals surface area (Å²) in [7, 11) is 0. The number of hydrogen-bond donors (Lipinski definition) is 6. The normalized spacial score (nSPS) is 10.5. The SMILES string of the molecule is O=C(O)c1nc2c(C(=O)O)c(C(=O)O)c(C(=O)O)c(C(=O)O)c2[nH]1. The summed E-state index contributed by atoms with van der Waals surface area (Å²) in [6, 6.07) is 0. The molecule has 0 amide bonds. The van der Waals surface area contributed by atoms with Crippen molar-refractivity contribution in [3.63, 3.8) is 0 Å². The maximum Gasteiger partial charge on any atom is 0.371 e. The van der Waals surface area contributed by atoms with Gasteiger partial charge in [0.05, 0.1) is 16.6 Å². The molecule has 0 fully saturated rings. The van der Waals surface area contributed by atoms with Gasteiger partial charge in [0.15, 0.2) is 0 Å². The molecule has 1 aromatic heterocycles. The molecule has 0 radical (unpaired) electrons. The molecule has 2 aromatic rings. The topological polar surface area (TPSA) is 215 Å². The van der Waals surface area contributed by atoms with Crippen LogP contribution in [0.5, 0.6) is 0 Å². The van der Waals surface area contributed by atoms with Gasteiger partial charge in [-0.25, -0.2) is 29.0 Å². The Morgan fingerprint density at radius 2 is 1.04 bits per heavy atom. The van der Waals surface area contributed by atoms with Crippen molar-refractivity contribution in [3.8, 4) is 0 Å². The third-order valence-electron chi connectivity index (χ3n) is 3.00. The second kappa shape index (κ2) is 5.35. The first-order valence-electron chi connectivity index (χ1n) is 5.84. The Kier molecular flexibility index (Phi) is 3.66. The van der Waals surface area contributed by atoms with Gasteiger partial charge in [0, 0.05) is 0 Å². The van der Waals surface area contributed by atoms with Gasteiger partial charge in [0.1, 0.15) is 16.6 Å². The summed E-state index contributed by atoms with van der Waals surface area (Å²) in [5.74, 6) is -10.4. The molecular weight excluding hydrogens is 332 g/mol. The average Bonchev–Trinajstić information content (AvgIpc) is 2.87. The molecule has 124 valence electrons. The first kappa shape index (κ1) is 16.4. The van der Waals surface area contributed by atoms with E-state index in [1.54, 1.807) is 0 Å². The zero-order valence-corrected chi connectivity index (χ0v) is 11.2. The minimum Gasteiger partial charge on any atom is -0.478 e. The van der Waals surface area contributed by atoms with Crippen molar-refractivity contribution in [1.29, 1.82) is 0 Å². The van der Waals surface area contributed by atoms with Crippen LogP contribution >= 0.6 is 0 Å². The van der Waals surface area contributed by atoms with Gasteiger partial charge in [-0.2, -0.15) is 0 Å². The lowest BCUT2D eigenvalue weighted by atomic mass is 9.93. The van der Waals surface area contributed by atoms with Crippen molar-refractivity contribution < 1.29 is 49.5 Å². The summed E-state index contributed by atoms with van der Waals surface area (Å²) in [5, 5.41) is 45.6. The van der Waals surface area contributed by atoms with E-state index in [2.05, 4.69) is 4.98 Å². The van der Waals surface area contributed by atoms with Crippen LogP contribution in [0, 0.1) is 0 Å². The molecule has 0 aliphatic carbocycles. The predicted molar refractivity (Wildman–Crippen MR) is 70.9 cm³/mol. The molecule has 6 N–H and O–H groups in total. The fourth-order valence-corrected chi connectivity index (χ4v) is 2.18. The van der Waals surface area contributed by atoms with Crippen molar-refractivity contribution in [2.24, 2.45) is 0 Å². The number of aromatic carboxylic acids is 5. The second-order valence-electron chi connectivity index (χ2n) is 4.33. The number of fused-ring (bicyclic) bond motifs is 1. The van der Waals surface area contributed by atoms with E-state index in [0.29, 0.717) is 0 Å². The van der Waals surface area contributed by atoms with Crippen LogP contribution in [0.4, 0.5) is 0 Å². The van der Waals surface area contributed by atoms with Crippen LogP contribution in [-0.2, 0) is 0 Å². The third kappa shape index (κ3) is 2.27. The molecule has 1 heterocycles. The lowest BCUT2D eigenvalue weighted by Gasteiger charge is -2.10. The number of carboxylic acid groups (broad SMARTS) is 5. The summed E-state index contributed by atoms with van der Waals surface area (Å²) >= 11 is 0. The van der Waals surface area contributed by atoms with Crippen LogP contribution in [0.15, 0.2) is 0 Å². The molecule has 0 bridgehead atoms. The van der Waals surface area contributed by atoms with Gasteiger partial charge in [0.2, 0.25) is 5.82 Å². The highest BCUT2D eigenvalue weighted by molar-refractivity contribution is 6.22. The summed E-state index contributed by atoms with van der Waals surface area (Å²) in [6.07, 6.45) is 0. The Hall–Kier alpha value is -3.96. The predicted octanol–water partition coefficient (Wildman–Crippen LogP) is 0.0539. The Morgan fingerprint density at radius 1 is 0.625 bits per heavy atom. The van der Waals surface area contributed by atoms with Crippen LogP contribution < -0.4 is 0 Å². The van der Waals surface area contributed by atoms with Crippen molar-refractivity contribution in [1.82, 2.24) is 9.97 Å². The number of hydrogen-bond acceptors (Lipinski definition) is 6. The van der Waals surface area contributed by atoms with Gasteiger partial charge in [-0.05, 0) is 0 Å². The van der Waals surface area contributed by atoms with Crippen LogP contribution in [0.25, 0.3) is 11.0 Å². The summed E-state index contributed by atoms with van der Waals surface area (Å²) in [4.78, 5) is 61.7. The molecule has 0 saturated carbocycles. The van der Waals surface area contributed by atoms with E-state index in [-0.39, 0.29) is 0 Å². The molecule has 0 aliphatic rings. The Labute approximate surface area is 129 Å². The minimum atomic E-state index is -2.02. The summed E-state index contributed by atoms with van der Waals surface area (Å²) in [6.45, 7) is 0. The van der Waals surface area contributed by atoms with E-state index < -0.39 is 69.0 Å². The smallest absolute Gasteiger partial charge is 0.371 e. The number of imidazole rings is 1. The highest BCUT2D eigenvalue weighted by Crippen LogP contribution is 2.30. The number of rotatable bonds is 5. The number of H-pyrrole nitrogens is 1. The molecule has 12 heteroatoms. The zero-order valence-electron chi connectivity index (χ0n) is 11.2. The van der Waals surface area contributed by atoms with Crippen molar-refractivity contribution in [2.75, 3.05) is 0 Å². The quantitative estimate of drug-likeness (QED) is 0.428. The molecule has 0 atom stereocenters. The molecule has 0 aliphatic heterocycles. The van der Waals surface area contributed by atoms with Crippen LogP contribution in [0.2, 0.25) is 0 Å². The lowest BCUT2D eigenvalue weighted by molar-refractivity contribution is 0.0621. The highest BCUT2D eigenvalue weighted by atomic mass is 16.4. The number of carbonyl (C=O) groups is 5. The van der Waals surface area contributed by atoms with Gasteiger partial charge >= 0.3 is 29.8 Å². The maximum absolute atomic E-state index is 11.4. The van der Waals surface area contributed by atoms with Gasteiger partial charge < -0.3 is 30.5 Å². The minimum absolute atomic E-state index is 0.722. The molecular formula is C12H6N2O10. The second-order valence-corrected chi connectivity index (χ2v) is 4.33. The first-order chi connectivity index (χ1) is 11.1. The number of benzene rings is 1. The standard InChI is InChI=1S/C12H6N2O10/c15-8(16)1-2(9(17)18)4(11(21)22)6-5(3(1)10(19)20)13-7(14-6)12(23)24/h(H,13,14)(H,15,16)(H,17,18)(H,19,20)(H,21,22)(H,23,24). The van der Waals surface area contributed by atoms with Crippen LogP contribution in [0.1, 0.15) is 52.1 Å². The Morgan fingerprint density at radius 3 is 1.42 bits per heavy atom. The van der Waals surface area contributed by atoms with Crippen molar-refractivity contribution >= 4 is 40.9 Å². The van der Waals surface area contributed by atoms with Crippen LogP contribution in [0.3, 0.4) is 0 Å². The number of carboxylic acids is 5. The van der Waals surface area contributed by atoms with Gasteiger partial charge in [-0.1, -0.05) is 0 Å². The number of nitrogens with one attached hydrogen (secondary N) is 1. The fourth-order valence-electron chi connectivity index (χ4n) is 2.18. The molecule has 0 spiro atoms. The third-order valence-corrected chi connectivity index (χ3v) is 3.00. The molecule has 24 heavy (non-hydrogen) atoms. The average molecular weight is 338 g/mol. The zero-order chi connectivity index (χ0) is 18.3. The monoisotopic (exact) mass is 338 g/mol. The number of nitrogens with zero attached hydrogens (tertiary/aromatic N) is 1. The van der Waals surface area contributed by atoms with Crippen LogP contribution in [-0.4, -0.2) is 65.3 Å². The van der Waals surface area contributed by atoms with Gasteiger partial charge in [-0.3, -0.25) is 0 Å². The van der Waals surface area contributed by atoms with E-state index in [4.69, 9.17) is 15.3 Å². The highest BCUT2D eigenvalue weighted by Gasteiger charge is 2.35. The largest absolute Gasteiger partial charge is 0.478 e. The number of aromatic amines is 1. The molecule has 0 unspecified atom stereocenters. The molecule has 0 saturated heterocycles. The Bertz CT molecular complexity index is 886. The van der Waals surface area contributed by atoms with Crippen molar-refractivity contribution in [3.05, 3.63) is 28.1 Å². The van der Waals surface area contributed by atoms with E-state index in [0.717, 1.165) is 0 Å². The van der Waals surface area contributed by atoms with E-state index >= 15 is 0 Å². The molecule has 1 aromatic carbocycles. The fraction of sp³-hybridized carbons (Fsp3) is 0. The van der Waals surface area contributed by atoms with Crippen molar-refractivity contribution in [2.45, 2.75) is 0 Å². The first-order valence-corrected chi connectivity index (χ1v) is 5.84. The van der Waals surface area contributed by atoms with Gasteiger partial charge in [-0.15, -0.1) is 0 Å². The summed E-state index contributed by atoms with van der Waals surface area (Å²) in [5.41, 5.74) is -6.38. The van der Waals surface area contributed by atoms with Gasteiger partial charge in [0.25, 0.3) is 0 Å². The summed E-state index contributed by atoms with van der Waals surface area (Å²) < 4.78 is 0. The molecule has 2 rings (SSSR count). The lowest BCUT2D eigenvalue weighted by Crippen LogP contribution is -2.20. The maximum atomic E-state index is 11.4. The van der Waals surface area contributed by atoms with E-state index in [9.17, 15) is 34.2 Å². The Balaban J connectivity index is 3.25. The number of aromatic nitrogens is 2. The van der Waals surface area contributed by atoms with E-state index in [1.165, 1.54) is 0 Å².